The second-order valence-electron chi connectivity index (χ2n) is 14.3. The molecular formula is C43H80NO8P. The molecule has 0 saturated carbocycles. The molecule has 0 spiro atoms. The largest absolute Gasteiger partial charge is 0.472 e. The highest BCUT2D eigenvalue weighted by Gasteiger charge is 2.23. The number of ether oxygens (including phenoxy) is 1. The average molecular weight is 770 g/mol. The third-order valence-electron chi connectivity index (χ3n) is 9.04. The summed E-state index contributed by atoms with van der Waals surface area (Å²) in [6.45, 7) is 3.49. The zero-order chi connectivity index (χ0) is 38.9. The van der Waals surface area contributed by atoms with Gasteiger partial charge < -0.3 is 20.1 Å². The van der Waals surface area contributed by atoms with E-state index in [1.165, 1.54) is 103 Å². The molecule has 0 aromatic carbocycles. The van der Waals surface area contributed by atoms with E-state index in [-0.39, 0.29) is 32.1 Å². The molecule has 2 unspecified atom stereocenters. The van der Waals surface area contributed by atoms with Crippen LogP contribution in [-0.4, -0.2) is 54.3 Å². The van der Waals surface area contributed by atoms with Gasteiger partial charge in [-0.25, -0.2) is 4.57 Å². The molecule has 9 nitrogen and oxygen atoms in total. The number of nitrogens with one attached hydrogen (secondary N) is 1. The predicted octanol–water partition coefficient (Wildman–Crippen LogP) is 11.8. The molecule has 0 aliphatic heterocycles. The summed E-state index contributed by atoms with van der Waals surface area (Å²) in [6, 6.07) is 0. The zero-order valence-electron chi connectivity index (χ0n) is 34.0. The van der Waals surface area contributed by atoms with Gasteiger partial charge in [0.15, 0.2) is 0 Å². The third-order valence-corrected chi connectivity index (χ3v) is 10.0. The maximum atomic E-state index is 12.1. The number of rotatable bonds is 40. The summed E-state index contributed by atoms with van der Waals surface area (Å²) in [7, 11) is -4.42. The molecule has 3 N–H and O–H groups in total. The summed E-state index contributed by atoms with van der Waals surface area (Å²) in [5, 5.41) is 12.7. The smallest absolute Gasteiger partial charge is 0.463 e. The summed E-state index contributed by atoms with van der Waals surface area (Å²) < 4.78 is 26.8. The van der Waals surface area contributed by atoms with Crippen molar-refractivity contribution < 1.29 is 37.9 Å². The van der Waals surface area contributed by atoms with Crippen molar-refractivity contribution in [2.75, 3.05) is 26.4 Å². The molecule has 2 atom stereocenters. The lowest BCUT2D eigenvalue weighted by molar-refractivity contribution is -0.147. The number of amides is 1. The molecule has 0 aliphatic carbocycles. The molecule has 0 radical (unpaired) electrons. The van der Waals surface area contributed by atoms with E-state index in [1.54, 1.807) is 0 Å². The summed E-state index contributed by atoms with van der Waals surface area (Å²) in [5.41, 5.74) is 0. The fourth-order valence-corrected chi connectivity index (χ4v) is 6.50. The summed E-state index contributed by atoms with van der Waals surface area (Å²) in [5.74, 6) is -0.534. The van der Waals surface area contributed by atoms with Crippen molar-refractivity contribution in [1.29, 1.82) is 0 Å². The Morgan fingerprint density at radius 1 is 0.585 bits per heavy atom. The molecule has 53 heavy (non-hydrogen) atoms. The lowest BCUT2D eigenvalue weighted by atomic mass is 10.1. The van der Waals surface area contributed by atoms with Crippen LogP contribution in [0.1, 0.15) is 194 Å². The number of hydrogen-bond acceptors (Lipinski definition) is 7. The number of esters is 1. The van der Waals surface area contributed by atoms with Crippen LogP contribution < -0.4 is 5.32 Å². The summed E-state index contributed by atoms with van der Waals surface area (Å²) in [6.07, 6.45) is 43.6. The molecule has 310 valence electrons. The quantitative estimate of drug-likeness (QED) is 0.0243. The SMILES string of the molecule is CCCC/C=C\C/C=C\CCCCCCCC(=O)NCCOP(=O)(O)OCC(O)COC(=O)CCCCCCCCC/C=C\CCCCCCCCC. The van der Waals surface area contributed by atoms with Gasteiger partial charge in [-0.2, -0.15) is 0 Å². The van der Waals surface area contributed by atoms with Gasteiger partial charge in [0, 0.05) is 19.4 Å². The number of allylic oxidation sites excluding steroid dienone is 6. The van der Waals surface area contributed by atoms with Crippen molar-refractivity contribution in [3.63, 3.8) is 0 Å². The van der Waals surface area contributed by atoms with E-state index < -0.39 is 26.5 Å². The van der Waals surface area contributed by atoms with Gasteiger partial charge in [-0.05, 0) is 64.2 Å². The van der Waals surface area contributed by atoms with Crippen LogP contribution in [0.4, 0.5) is 0 Å². The van der Waals surface area contributed by atoms with E-state index in [9.17, 15) is 24.2 Å². The van der Waals surface area contributed by atoms with Gasteiger partial charge in [0.05, 0.1) is 13.2 Å². The Kier molecular flexibility index (Phi) is 38.6. The Labute approximate surface area is 324 Å². The number of carbonyl (C=O) groups is 2. The molecule has 0 bridgehead atoms. The molecule has 0 saturated heterocycles. The van der Waals surface area contributed by atoms with Gasteiger partial charge >= 0.3 is 13.8 Å². The Morgan fingerprint density at radius 3 is 1.58 bits per heavy atom. The highest BCUT2D eigenvalue weighted by molar-refractivity contribution is 7.47. The van der Waals surface area contributed by atoms with Crippen LogP contribution >= 0.6 is 7.82 Å². The minimum atomic E-state index is -4.42. The van der Waals surface area contributed by atoms with Gasteiger partial charge in [0.25, 0.3) is 0 Å². The standard InChI is InChI=1S/C43H80NO8P/c1-3-5-7-9-11-13-15-17-19-20-21-22-24-26-28-30-32-34-36-43(47)50-39-41(45)40-52-53(48,49)51-38-37-44-42(46)35-33-31-29-27-25-23-18-16-14-12-10-8-6-4-2/h10,12,16,18-20,41,45H,3-9,11,13-15,17,21-40H2,1-2H3,(H,44,46)(H,48,49)/b12-10-,18-16-,20-19-. The molecular weight excluding hydrogens is 689 g/mol. The van der Waals surface area contributed by atoms with Crippen molar-refractivity contribution in [1.82, 2.24) is 5.32 Å². The highest BCUT2D eigenvalue weighted by atomic mass is 31.2. The maximum Gasteiger partial charge on any atom is 0.472 e. The van der Waals surface area contributed by atoms with E-state index in [1.807, 2.05) is 0 Å². The molecule has 1 amide bonds. The Hall–Kier alpha value is -1.77. The van der Waals surface area contributed by atoms with Crippen LogP contribution in [0.15, 0.2) is 36.5 Å². The number of phosphoric ester groups is 1. The number of hydrogen-bond donors (Lipinski definition) is 3. The molecule has 0 heterocycles. The Bertz CT molecular complexity index is 970. The topological polar surface area (TPSA) is 131 Å². The van der Waals surface area contributed by atoms with Crippen molar-refractivity contribution in [2.24, 2.45) is 0 Å². The number of aliphatic hydroxyl groups excluding tert-OH is 1. The van der Waals surface area contributed by atoms with Crippen molar-refractivity contribution in [2.45, 2.75) is 200 Å². The first-order chi connectivity index (χ1) is 25.8. The molecule has 0 fully saturated rings. The highest BCUT2D eigenvalue weighted by Crippen LogP contribution is 2.42. The molecule has 10 heteroatoms. The zero-order valence-corrected chi connectivity index (χ0v) is 34.9. The first kappa shape index (κ1) is 51.2. The Morgan fingerprint density at radius 2 is 1.04 bits per heavy atom. The van der Waals surface area contributed by atoms with Crippen LogP contribution in [0.3, 0.4) is 0 Å². The average Bonchev–Trinajstić information content (AvgIpc) is 3.14. The van der Waals surface area contributed by atoms with E-state index in [0.717, 1.165) is 64.2 Å². The van der Waals surface area contributed by atoms with Crippen molar-refractivity contribution >= 4 is 19.7 Å². The van der Waals surface area contributed by atoms with Crippen LogP contribution in [0, 0.1) is 0 Å². The predicted molar refractivity (Wildman–Crippen MR) is 220 cm³/mol. The van der Waals surface area contributed by atoms with Gasteiger partial charge in [0.2, 0.25) is 5.91 Å². The van der Waals surface area contributed by atoms with Gasteiger partial charge in [0.1, 0.15) is 12.7 Å². The minimum absolute atomic E-state index is 0.0735. The van der Waals surface area contributed by atoms with Gasteiger partial charge in [-0.15, -0.1) is 0 Å². The third kappa shape index (κ3) is 41.2. The molecule has 0 aromatic heterocycles. The van der Waals surface area contributed by atoms with Crippen LogP contribution in [-0.2, 0) is 27.9 Å². The minimum Gasteiger partial charge on any atom is -0.463 e. The van der Waals surface area contributed by atoms with E-state index in [0.29, 0.717) is 6.42 Å². The fraction of sp³-hybridized carbons (Fsp3) is 0.814. The van der Waals surface area contributed by atoms with Crippen LogP contribution in [0.2, 0.25) is 0 Å². The lowest BCUT2D eigenvalue weighted by Gasteiger charge is -2.15. The Balaban J connectivity index is 3.61. The number of carbonyl (C=O) groups excluding carboxylic acids is 2. The summed E-state index contributed by atoms with van der Waals surface area (Å²) in [4.78, 5) is 33.9. The monoisotopic (exact) mass is 770 g/mol. The first-order valence-electron chi connectivity index (χ1n) is 21.5. The maximum absolute atomic E-state index is 12.1. The normalized spacial score (nSPS) is 13.7. The number of unbranched alkanes of at least 4 members (excludes halogenated alkanes) is 21. The molecule has 0 aromatic rings. The van der Waals surface area contributed by atoms with Crippen molar-refractivity contribution in [3.8, 4) is 0 Å². The van der Waals surface area contributed by atoms with Gasteiger partial charge in [-0.3, -0.25) is 18.6 Å². The molecule has 0 aliphatic rings. The number of aliphatic hydroxyl groups is 1. The second-order valence-corrected chi connectivity index (χ2v) is 15.8. The van der Waals surface area contributed by atoms with Gasteiger partial charge in [-0.1, -0.05) is 153 Å². The first-order valence-corrected chi connectivity index (χ1v) is 23.0. The van der Waals surface area contributed by atoms with E-state index in [4.69, 9.17) is 13.8 Å². The van der Waals surface area contributed by atoms with E-state index in [2.05, 4.69) is 55.6 Å². The van der Waals surface area contributed by atoms with Crippen LogP contribution in [0.5, 0.6) is 0 Å². The van der Waals surface area contributed by atoms with Crippen molar-refractivity contribution in [3.05, 3.63) is 36.5 Å². The lowest BCUT2D eigenvalue weighted by Crippen LogP contribution is -2.27. The fourth-order valence-electron chi connectivity index (χ4n) is 5.74. The second kappa shape index (κ2) is 39.9. The van der Waals surface area contributed by atoms with E-state index >= 15 is 0 Å². The summed E-state index contributed by atoms with van der Waals surface area (Å²) >= 11 is 0. The number of phosphoric acid groups is 1. The molecule has 0 rings (SSSR count). The van der Waals surface area contributed by atoms with Crippen LogP contribution in [0.25, 0.3) is 0 Å².